The van der Waals surface area contributed by atoms with Crippen LogP contribution in [0.1, 0.15) is 196 Å². The lowest BCUT2D eigenvalue weighted by Gasteiger charge is -2.25. The molecule has 4 aliphatic carbocycles. The van der Waals surface area contributed by atoms with Gasteiger partial charge in [0.2, 0.25) is 0 Å². The number of para-hydroxylation sites is 1. The van der Waals surface area contributed by atoms with Gasteiger partial charge in [0.15, 0.2) is 0 Å². The molecule has 4 amide bonds. The number of thiazole rings is 1. The summed E-state index contributed by atoms with van der Waals surface area (Å²) in [6.07, 6.45) is 18.9. The zero-order valence-electron chi connectivity index (χ0n) is 78.7. The van der Waals surface area contributed by atoms with Gasteiger partial charge in [-0.3, -0.25) is 29.1 Å². The van der Waals surface area contributed by atoms with Gasteiger partial charge in [0, 0.05) is 97.0 Å². The molecule has 3 unspecified atom stereocenters. The number of carbonyl (C=O) groups excluding carboxylic acids is 4. The van der Waals surface area contributed by atoms with Gasteiger partial charge in [0.1, 0.15) is 27.8 Å². The van der Waals surface area contributed by atoms with Gasteiger partial charge in [-0.2, -0.15) is 20.4 Å². The maximum atomic E-state index is 13.3. The van der Waals surface area contributed by atoms with Gasteiger partial charge in [-0.05, 0) is 318 Å². The Labute approximate surface area is 814 Å². The lowest BCUT2D eigenvalue weighted by atomic mass is 9.99. The van der Waals surface area contributed by atoms with Gasteiger partial charge in [-0.15, -0.1) is 11.3 Å². The normalized spacial score (nSPS) is 13.8. The molecular weight excluding hydrogens is 1750 g/mol. The Hall–Kier alpha value is -14.9. The molecule has 4 fully saturated rings. The molecule has 0 spiro atoms. The number of hydrogen-bond donors (Lipinski definition) is 11. The molecule has 4 saturated carbocycles. The highest BCUT2D eigenvalue weighted by Crippen LogP contribution is 2.38. The second kappa shape index (κ2) is 45.9. The van der Waals surface area contributed by atoms with E-state index in [1.54, 1.807) is 60.5 Å². The number of aryl methyl sites for hydroxylation is 4. The number of nitrogens with zero attached hydrogens (tertiary/aromatic N) is 12. The molecule has 4 aliphatic rings. The fraction of sp³-hybridized carbons (Fsp3) is 0.252. The predicted molar refractivity (Wildman–Crippen MR) is 551 cm³/mol. The molecule has 3 atom stereocenters. The lowest BCUT2D eigenvalue weighted by molar-refractivity contribution is 0.101. The van der Waals surface area contributed by atoms with Crippen LogP contribution in [0.4, 0.5) is 34.1 Å². The van der Waals surface area contributed by atoms with E-state index >= 15 is 0 Å². The van der Waals surface area contributed by atoms with Gasteiger partial charge >= 0.3 is 0 Å². The number of carbonyl (C=O) groups is 4. The summed E-state index contributed by atoms with van der Waals surface area (Å²) >= 11 is 1.64. The molecule has 708 valence electrons. The third kappa shape index (κ3) is 25.9. The lowest BCUT2D eigenvalue weighted by Crippen LogP contribution is -2.25. The van der Waals surface area contributed by atoms with Crippen molar-refractivity contribution in [1.82, 2.24) is 70.0 Å². The number of benzene rings is 9. The molecule has 27 nitrogen and oxygen atoms in total. The number of hydrogen-bond acceptors (Lipinski definition) is 20. The average Bonchev–Trinajstić information content (AvgIpc) is 1.72. The van der Waals surface area contributed by atoms with E-state index in [1.807, 2.05) is 252 Å². The molecule has 139 heavy (non-hydrogen) atoms. The summed E-state index contributed by atoms with van der Waals surface area (Å²) in [5.74, 6) is 2.23. The van der Waals surface area contributed by atoms with Crippen molar-refractivity contribution >= 4 is 69.1 Å². The molecule has 28 heteroatoms. The standard InChI is InChI=1S/C29H31N5O.2C28H30N6O.C26H28N6OS/c1-21-17-28(34(32-21)27-12-5-7-23(18-27)20-30)29(35)31-24-8-6-11-26(19-24)33(16-15-22-13-14-22)25-9-3-2-4-10-25;1-19-13-26(34(33-19)25-9-2-5-21(14-25)16-29)28(35)32-24-8-3-6-22(15-24)27(31-17-20-10-11-20)23-7-4-12-30-18-23;1-19-14-26(34(33-19)24-9-4-6-21(15-24)17-29)28(35)32-23-8-5-7-22(16-23)27(31-18-20-11-12-20)25-10-2-3-13-30-25;1-17-12-23(32(31-17)22-7-2-4-19(13-22)15-27)25(33)30-21-6-3-5-20(14-21)24(26-28-10-11-34-26)29-16-18-8-9-18/h2-12,17-19,22H,13-16,20,30H2,1H3,(H,31,35);2-9,12-15,18,20,27,31H,10-11,16-17,29H2,1H3,(H,32,35);2-10,13-16,20,27,31H,11-12,17-18,29H2,1H3,(H,32,35);2-7,10-14,18,24,29H,8-9,15-16,27H2,1H3,(H,30,33). The van der Waals surface area contributed by atoms with E-state index in [-0.39, 0.29) is 41.8 Å². The minimum atomic E-state index is -0.221. The highest BCUT2D eigenvalue weighted by Gasteiger charge is 2.31. The predicted octanol–water partition coefficient (Wildman–Crippen LogP) is 19.0. The number of aromatic nitrogens is 11. The van der Waals surface area contributed by atoms with Gasteiger partial charge in [-0.1, -0.05) is 134 Å². The molecular formula is C111H119N23O4S. The fourth-order valence-electron chi connectivity index (χ4n) is 16.8. The highest BCUT2D eigenvalue weighted by atomic mass is 32.1. The van der Waals surface area contributed by atoms with Crippen LogP contribution in [0.5, 0.6) is 0 Å². The van der Waals surface area contributed by atoms with Crippen molar-refractivity contribution in [2.75, 3.05) is 52.3 Å². The van der Waals surface area contributed by atoms with Gasteiger partial charge in [-0.25, -0.2) is 23.7 Å². The van der Waals surface area contributed by atoms with Crippen molar-refractivity contribution in [1.29, 1.82) is 0 Å². The van der Waals surface area contributed by atoms with Crippen molar-refractivity contribution < 1.29 is 19.2 Å². The van der Waals surface area contributed by atoms with E-state index < -0.39 is 0 Å². The topological polar surface area (TPSA) is 370 Å². The molecule has 20 rings (SSSR count). The first-order valence-electron chi connectivity index (χ1n) is 47.7. The van der Waals surface area contributed by atoms with Gasteiger partial charge in [0.25, 0.3) is 23.6 Å². The number of nitrogens with two attached hydrogens (primary N) is 4. The van der Waals surface area contributed by atoms with E-state index in [1.165, 1.54) is 57.8 Å². The summed E-state index contributed by atoms with van der Waals surface area (Å²) in [5, 5.41) is 44.5. The quantitative estimate of drug-likeness (QED) is 0.0174. The van der Waals surface area contributed by atoms with Crippen LogP contribution < -0.4 is 65.1 Å². The van der Waals surface area contributed by atoms with Crippen LogP contribution in [-0.4, -0.2) is 104 Å². The number of anilines is 6. The summed E-state index contributed by atoms with van der Waals surface area (Å²) < 4.78 is 6.69. The largest absolute Gasteiger partial charge is 0.341 e. The van der Waals surface area contributed by atoms with E-state index in [9.17, 15) is 19.2 Å². The molecule has 9 aromatic carbocycles. The van der Waals surface area contributed by atoms with Gasteiger partial charge < -0.3 is 65.1 Å². The molecule has 0 bridgehead atoms. The zero-order chi connectivity index (χ0) is 96.1. The molecule has 15 N–H and O–H groups in total. The van der Waals surface area contributed by atoms with E-state index in [4.69, 9.17) is 22.9 Å². The minimum Gasteiger partial charge on any atom is -0.341 e. The molecule has 0 saturated heterocycles. The van der Waals surface area contributed by atoms with Crippen molar-refractivity contribution in [2.24, 2.45) is 46.6 Å². The number of amides is 4. The second-order valence-corrected chi connectivity index (χ2v) is 37.0. The van der Waals surface area contributed by atoms with Crippen LogP contribution in [0.2, 0.25) is 0 Å². The van der Waals surface area contributed by atoms with Crippen LogP contribution in [0.3, 0.4) is 0 Å². The first-order chi connectivity index (χ1) is 67.9. The fourth-order valence-corrected chi connectivity index (χ4v) is 17.5. The van der Waals surface area contributed by atoms with Crippen LogP contribution >= 0.6 is 11.3 Å². The van der Waals surface area contributed by atoms with Crippen molar-refractivity contribution in [3.63, 3.8) is 0 Å². The zero-order valence-corrected chi connectivity index (χ0v) is 79.5. The molecule has 0 aliphatic heterocycles. The first-order valence-corrected chi connectivity index (χ1v) is 48.6. The maximum absolute atomic E-state index is 13.3. The average molecular weight is 1870 g/mol. The van der Waals surface area contributed by atoms with Crippen LogP contribution in [-0.2, 0) is 26.2 Å². The Bertz CT molecular complexity index is 6350. The molecule has 7 heterocycles. The first kappa shape index (κ1) is 95.9. The Balaban J connectivity index is 0.000000128. The summed E-state index contributed by atoms with van der Waals surface area (Å²) in [4.78, 5) is 69.0. The molecule has 0 radical (unpaired) electrons. The summed E-state index contributed by atoms with van der Waals surface area (Å²) in [6, 6.07) is 90.6. The summed E-state index contributed by atoms with van der Waals surface area (Å²) in [6.45, 7) is 13.1. The Morgan fingerprint density at radius 3 is 1.10 bits per heavy atom. The van der Waals surface area contributed by atoms with Crippen LogP contribution in [0.25, 0.3) is 22.7 Å². The SMILES string of the molecule is Cc1cc(C(=O)Nc2cccc(C(NCC3CC3)c3ccccn3)c2)n(-c2cccc(CN)c2)n1.Cc1cc(C(=O)Nc2cccc(C(NCC3CC3)c3cccnc3)c2)n(-c2cccc(CN)c2)n1.Cc1cc(C(=O)Nc2cccc(C(NCC3CC3)c3nccs3)c2)n(-c2cccc(CN)c2)n1.Cc1cc(C(=O)Nc2cccc(N(CCC3CC3)c3ccccc3)c2)n(-c2cccc(CN)c2)n1. The third-order valence-electron chi connectivity index (χ3n) is 24.8. The van der Waals surface area contributed by atoms with Crippen molar-refractivity contribution in [3.05, 3.63) is 410 Å². The second-order valence-electron chi connectivity index (χ2n) is 36.1. The molecule has 16 aromatic rings. The van der Waals surface area contributed by atoms with E-state index in [0.29, 0.717) is 49.0 Å². The minimum absolute atomic E-state index is 0.00391. The van der Waals surface area contributed by atoms with Crippen LogP contribution in [0.15, 0.2) is 309 Å². The Morgan fingerprint density at radius 2 is 0.719 bits per heavy atom. The maximum Gasteiger partial charge on any atom is 0.274 e. The third-order valence-corrected chi connectivity index (χ3v) is 25.7. The highest BCUT2D eigenvalue weighted by molar-refractivity contribution is 7.09. The Morgan fingerprint density at radius 1 is 0.353 bits per heavy atom. The summed E-state index contributed by atoms with van der Waals surface area (Å²) in [5.41, 5.74) is 45.8. The number of pyridine rings is 2. The Kier molecular flexibility index (Phi) is 31.6. The van der Waals surface area contributed by atoms with Crippen molar-refractivity contribution in [2.45, 2.75) is 130 Å². The van der Waals surface area contributed by atoms with E-state index in [0.717, 1.165) is 185 Å². The van der Waals surface area contributed by atoms with Crippen LogP contribution in [0, 0.1) is 51.4 Å². The smallest absolute Gasteiger partial charge is 0.274 e. The molecule has 7 aromatic heterocycles. The number of rotatable bonds is 36. The van der Waals surface area contributed by atoms with Crippen molar-refractivity contribution in [3.8, 4) is 22.7 Å². The monoisotopic (exact) mass is 1870 g/mol. The van der Waals surface area contributed by atoms with E-state index in [2.05, 4.69) is 132 Å². The summed E-state index contributed by atoms with van der Waals surface area (Å²) in [7, 11) is 0. The van der Waals surface area contributed by atoms with Gasteiger partial charge in [0.05, 0.1) is 69.3 Å². The number of nitrogens with one attached hydrogen (secondary N) is 7.